The maximum absolute atomic E-state index is 11.8. The van der Waals surface area contributed by atoms with Crippen LogP contribution < -0.4 is 0 Å². The lowest BCUT2D eigenvalue weighted by molar-refractivity contribution is -0.870. The predicted octanol–water partition coefficient (Wildman–Crippen LogP) is 8.60. The van der Waals surface area contributed by atoms with Crippen molar-refractivity contribution in [3.8, 4) is 0 Å². The fourth-order valence-electron chi connectivity index (χ4n) is 3.81. The Morgan fingerprint density at radius 3 is 1.44 bits per heavy atom. The number of likely N-dealkylation sites (N-methyl/N-ethyl adjacent to an activating group) is 1. The van der Waals surface area contributed by atoms with Crippen LogP contribution in [-0.4, -0.2) is 61.8 Å². The second-order valence-electron chi connectivity index (χ2n) is 10.8. The van der Waals surface area contributed by atoms with Crippen LogP contribution in [0.2, 0.25) is 0 Å². The van der Waals surface area contributed by atoms with Crippen molar-refractivity contribution in [1.82, 2.24) is 0 Å². The van der Waals surface area contributed by atoms with Gasteiger partial charge in [-0.25, -0.2) is 4.57 Å². The number of hydrogen-bond donors (Lipinski definition) is 1. The maximum atomic E-state index is 11.8. The number of phosphoric acid groups is 1. The van der Waals surface area contributed by atoms with Crippen LogP contribution in [0.25, 0.3) is 0 Å². The van der Waals surface area contributed by atoms with Gasteiger partial charge in [-0.2, -0.15) is 11.8 Å². The topological polar surface area (TPSA) is 55.8 Å². The molecule has 0 aromatic rings. The van der Waals surface area contributed by atoms with E-state index in [9.17, 15) is 9.46 Å². The van der Waals surface area contributed by atoms with E-state index in [4.69, 9.17) is 9.05 Å². The van der Waals surface area contributed by atoms with E-state index in [1.165, 1.54) is 108 Å². The monoisotopic (exact) mass is 524 g/mol. The fraction of sp³-hybridized carbons (Fsp3) is 1.00. The molecule has 1 N–H and O–H groups in total. The lowest BCUT2D eigenvalue weighted by Crippen LogP contribution is -2.37. The van der Waals surface area contributed by atoms with Gasteiger partial charge in [-0.3, -0.25) is 9.05 Å². The van der Waals surface area contributed by atoms with Gasteiger partial charge in [0.2, 0.25) is 0 Å². The van der Waals surface area contributed by atoms with Gasteiger partial charge in [0, 0.05) is 0 Å². The zero-order valence-electron chi connectivity index (χ0n) is 23.2. The number of phosphoric ester groups is 1. The molecule has 0 aliphatic carbocycles. The minimum Gasteiger partial charge on any atom is -0.329 e. The van der Waals surface area contributed by atoms with Crippen molar-refractivity contribution >= 4 is 19.6 Å². The van der Waals surface area contributed by atoms with Crippen molar-refractivity contribution < 1.29 is 23.0 Å². The molecule has 0 aliphatic rings. The molecule has 0 saturated heterocycles. The number of unbranched alkanes of at least 4 members (excludes halogenated alkanes) is 16. The Hall–Kier alpha value is 0.420. The molecule has 206 valence electrons. The molecule has 0 bridgehead atoms. The molecule has 0 aliphatic heterocycles. The summed E-state index contributed by atoms with van der Waals surface area (Å²) < 4.78 is 22.6. The first-order valence-corrected chi connectivity index (χ1v) is 16.9. The number of rotatable bonds is 27. The fourth-order valence-corrected chi connectivity index (χ4v) is 5.58. The molecular weight excluding hydrogens is 465 g/mol. The van der Waals surface area contributed by atoms with Crippen LogP contribution in [0.4, 0.5) is 0 Å². The van der Waals surface area contributed by atoms with Crippen LogP contribution in [0.3, 0.4) is 0 Å². The molecule has 0 saturated carbocycles. The van der Waals surface area contributed by atoms with Crippen molar-refractivity contribution in [3.05, 3.63) is 0 Å². The van der Waals surface area contributed by atoms with E-state index >= 15 is 0 Å². The molecule has 0 rings (SSSR count). The second-order valence-corrected chi connectivity index (χ2v) is 13.4. The van der Waals surface area contributed by atoms with Crippen molar-refractivity contribution in [2.75, 3.05) is 52.4 Å². The zero-order chi connectivity index (χ0) is 25.4. The van der Waals surface area contributed by atoms with E-state index < -0.39 is 7.82 Å². The number of thioether (sulfide) groups is 1. The Kier molecular flexibility index (Phi) is 24.1. The first-order chi connectivity index (χ1) is 16.3. The Labute approximate surface area is 217 Å². The molecule has 0 heterocycles. The molecule has 1 unspecified atom stereocenters. The number of nitrogens with zero attached hydrogens (tertiary/aromatic N) is 1. The van der Waals surface area contributed by atoms with Crippen molar-refractivity contribution in [1.29, 1.82) is 0 Å². The van der Waals surface area contributed by atoms with Gasteiger partial charge >= 0.3 is 7.82 Å². The Morgan fingerprint density at radius 1 is 0.618 bits per heavy atom. The minimum absolute atomic E-state index is 0.229. The van der Waals surface area contributed by atoms with Gasteiger partial charge in [0.1, 0.15) is 13.2 Å². The first-order valence-electron chi connectivity index (χ1n) is 14.3. The van der Waals surface area contributed by atoms with Crippen LogP contribution in [-0.2, 0) is 13.6 Å². The molecule has 5 nitrogen and oxygen atoms in total. The third-order valence-corrected chi connectivity index (χ3v) is 8.27. The Morgan fingerprint density at radius 2 is 1.00 bits per heavy atom. The summed E-state index contributed by atoms with van der Waals surface area (Å²) in [6.07, 6.45) is 24.4. The summed E-state index contributed by atoms with van der Waals surface area (Å²) in [5, 5.41) is 0. The van der Waals surface area contributed by atoms with Gasteiger partial charge in [0.15, 0.2) is 0 Å². The summed E-state index contributed by atoms with van der Waals surface area (Å²) in [6.45, 7) is 3.47. The van der Waals surface area contributed by atoms with Crippen molar-refractivity contribution in [3.63, 3.8) is 0 Å². The van der Waals surface area contributed by atoms with Crippen LogP contribution in [0, 0.1) is 0 Å². The van der Waals surface area contributed by atoms with Crippen LogP contribution >= 0.6 is 19.6 Å². The molecule has 0 spiro atoms. The molecule has 0 amide bonds. The van der Waals surface area contributed by atoms with Gasteiger partial charge < -0.3 is 9.38 Å². The predicted molar refractivity (Wildman–Crippen MR) is 151 cm³/mol. The summed E-state index contributed by atoms with van der Waals surface area (Å²) >= 11 is 1.99. The average Bonchev–Trinajstić information content (AvgIpc) is 2.76. The van der Waals surface area contributed by atoms with Gasteiger partial charge in [-0.1, -0.05) is 103 Å². The summed E-state index contributed by atoms with van der Waals surface area (Å²) in [5.74, 6) is 2.33. The standard InChI is InChI=1S/C27H58NO4PS/c1-5-6-7-8-9-10-11-12-13-14-15-16-17-18-19-21-26-34-27-22-20-24-31-33(29,30)32-25-23-28(2,3)4/h5-27H2,1-4H3/p+1. The first kappa shape index (κ1) is 34.4. The van der Waals surface area contributed by atoms with E-state index in [-0.39, 0.29) is 13.2 Å². The summed E-state index contributed by atoms with van der Waals surface area (Å²) in [4.78, 5) is 9.68. The normalized spacial score (nSPS) is 13.9. The highest BCUT2D eigenvalue weighted by Gasteiger charge is 2.21. The molecule has 0 fully saturated rings. The third-order valence-electron chi connectivity index (χ3n) is 6.10. The molecule has 1 atom stereocenters. The average molecular weight is 525 g/mol. The molecule has 0 aromatic carbocycles. The summed E-state index contributed by atoms with van der Waals surface area (Å²) in [7, 11) is 2.16. The lowest BCUT2D eigenvalue weighted by Gasteiger charge is -2.24. The third kappa shape index (κ3) is 28.7. The van der Waals surface area contributed by atoms with Gasteiger partial charge in [-0.05, 0) is 30.8 Å². The van der Waals surface area contributed by atoms with E-state index in [0.717, 1.165) is 18.6 Å². The molecular formula is C27H59NO4PS+. The Balaban J connectivity index is 3.22. The van der Waals surface area contributed by atoms with Crippen molar-refractivity contribution in [2.45, 2.75) is 122 Å². The van der Waals surface area contributed by atoms with E-state index in [2.05, 4.69) is 6.92 Å². The van der Waals surface area contributed by atoms with Gasteiger partial charge in [0.25, 0.3) is 0 Å². The highest BCUT2D eigenvalue weighted by molar-refractivity contribution is 7.99. The largest absolute Gasteiger partial charge is 0.472 e. The van der Waals surface area contributed by atoms with Gasteiger partial charge in [-0.15, -0.1) is 0 Å². The maximum Gasteiger partial charge on any atom is 0.472 e. The quantitative estimate of drug-likeness (QED) is 0.0662. The minimum atomic E-state index is -3.89. The van der Waals surface area contributed by atoms with Crippen LogP contribution in [0.15, 0.2) is 0 Å². The van der Waals surface area contributed by atoms with Crippen LogP contribution in [0.1, 0.15) is 122 Å². The van der Waals surface area contributed by atoms with Crippen LogP contribution in [0.5, 0.6) is 0 Å². The number of quaternary nitrogens is 1. The highest BCUT2D eigenvalue weighted by atomic mass is 32.2. The van der Waals surface area contributed by atoms with E-state index in [1.54, 1.807) is 0 Å². The summed E-state index contributed by atoms with van der Waals surface area (Å²) in [6, 6.07) is 0. The Bertz CT molecular complexity index is 474. The van der Waals surface area contributed by atoms with Gasteiger partial charge in [0.05, 0.1) is 27.7 Å². The second kappa shape index (κ2) is 23.8. The van der Waals surface area contributed by atoms with Crippen molar-refractivity contribution in [2.24, 2.45) is 0 Å². The number of hydrogen-bond acceptors (Lipinski definition) is 4. The van der Waals surface area contributed by atoms with E-state index in [1.807, 2.05) is 32.9 Å². The highest BCUT2D eigenvalue weighted by Crippen LogP contribution is 2.43. The summed E-state index contributed by atoms with van der Waals surface area (Å²) in [5.41, 5.74) is 0. The zero-order valence-corrected chi connectivity index (χ0v) is 24.9. The molecule has 34 heavy (non-hydrogen) atoms. The SMILES string of the molecule is CCCCCCCCCCCCCCCCCCSCCCCOP(=O)(O)OCC[N+](C)(C)C. The molecule has 0 radical (unpaired) electrons. The molecule has 7 heteroatoms. The lowest BCUT2D eigenvalue weighted by atomic mass is 10.0. The molecule has 0 aromatic heterocycles. The smallest absolute Gasteiger partial charge is 0.329 e. The van der Waals surface area contributed by atoms with E-state index in [0.29, 0.717) is 11.0 Å².